The quantitative estimate of drug-likeness (QED) is 0.659. The Balaban J connectivity index is 2.44. The van der Waals surface area contributed by atoms with E-state index in [4.69, 9.17) is 10.4 Å². The van der Waals surface area contributed by atoms with Crippen LogP contribution in [0.2, 0.25) is 0 Å². The zero-order valence-corrected chi connectivity index (χ0v) is 9.84. The molecule has 0 spiro atoms. The fourth-order valence-electron chi connectivity index (χ4n) is 1.20. The first kappa shape index (κ1) is 14.2. The molecule has 19 heavy (non-hydrogen) atoms. The lowest BCUT2D eigenvalue weighted by molar-refractivity contribution is -0.137. The van der Waals surface area contributed by atoms with Crippen LogP contribution in [0.1, 0.15) is 15.9 Å². The van der Waals surface area contributed by atoms with Crippen molar-refractivity contribution in [3.05, 3.63) is 35.4 Å². The van der Waals surface area contributed by atoms with Crippen LogP contribution in [0.5, 0.6) is 0 Å². The molecule has 3 N–H and O–H groups in total. The van der Waals surface area contributed by atoms with Crippen LogP contribution in [0.4, 0.5) is 0 Å². The highest BCUT2D eigenvalue weighted by atomic mass is 16.4. The number of benzene rings is 1. The summed E-state index contributed by atoms with van der Waals surface area (Å²) in [5, 5.41) is 21.4. The average molecular weight is 261 g/mol. The smallest absolute Gasteiger partial charge is 0.322 e. The number of carbonyl (C=O) groups is 3. The van der Waals surface area contributed by atoms with Crippen molar-refractivity contribution in [2.24, 2.45) is 0 Å². The summed E-state index contributed by atoms with van der Waals surface area (Å²) in [6, 6.07) is 7.81. The monoisotopic (exact) mass is 261 g/mol. The lowest BCUT2D eigenvalue weighted by atomic mass is 10.1. The molecule has 1 aromatic carbocycles. The summed E-state index contributed by atoms with van der Waals surface area (Å²) in [4.78, 5) is 32.9. The molecule has 0 aliphatic heterocycles. The third kappa shape index (κ3) is 4.87. The Labute approximate surface area is 108 Å². The number of nitrogens with zero attached hydrogens (tertiary/aromatic N) is 1. The van der Waals surface area contributed by atoms with E-state index in [1.807, 2.05) is 6.07 Å². The molecule has 7 heteroatoms. The Morgan fingerprint density at radius 2 is 1.74 bits per heavy atom. The maximum Gasteiger partial charge on any atom is 0.322 e. The van der Waals surface area contributed by atoms with E-state index in [0.717, 1.165) is 0 Å². The number of hydrogen-bond donors (Lipinski definition) is 3. The lowest BCUT2D eigenvalue weighted by Gasteiger charge is -2.05. The second kappa shape index (κ2) is 6.76. The van der Waals surface area contributed by atoms with Gasteiger partial charge in [0.25, 0.3) is 5.91 Å². The van der Waals surface area contributed by atoms with E-state index in [2.05, 4.69) is 10.6 Å². The fourth-order valence-corrected chi connectivity index (χ4v) is 1.20. The maximum atomic E-state index is 11.6. The van der Waals surface area contributed by atoms with Crippen molar-refractivity contribution in [3.63, 3.8) is 0 Å². The zero-order valence-electron chi connectivity index (χ0n) is 9.84. The molecule has 0 radical (unpaired) electrons. The number of carboxylic acids is 1. The molecule has 0 unspecified atom stereocenters. The summed E-state index contributed by atoms with van der Waals surface area (Å²) in [7, 11) is 0. The number of carbonyl (C=O) groups excluding carboxylic acids is 2. The fraction of sp³-hybridized carbons (Fsp3) is 0.167. The summed E-state index contributed by atoms with van der Waals surface area (Å²) in [5.74, 6) is -2.23. The molecule has 0 bridgehead atoms. The van der Waals surface area contributed by atoms with Crippen LogP contribution in [0, 0.1) is 11.3 Å². The molecular formula is C12H11N3O4. The summed E-state index contributed by atoms with van der Waals surface area (Å²) >= 11 is 0. The molecule has 1 rings (SSSR count). The molecule has 1 aromatic rings. The Hall–Kier alpha value is -2.88. The number of rotatable bonds is 5. The van der Waals surface area contributed by atoms with Gasteiger partial charge in [0.1, 0.15) is 6.54 Å². The first-order valence-corrected chi connectivity index (χ1v) is 5.30. The number of aliphatic carboxylic acids is 1. The Morgan fingerprint density at radius 1 is 1.11 bits per heavy atom. The van der Waals surface area contributed by atoms with Crippen molar-refractivity contribution < 1.29 is 19.5 Å². The minimum Gasteiger partial charge on any atom is -0.480 e. The number of nitriles is 1. The highest BCUT2D eigenvalue weighted by molar-refractivity contribution is 5.96. The van der Waals surface area contributed by atoms with Gasteiger partial charge in [0.15, 0.2) is 0 Å². The summed E-state index contributed by atoms with van der Waals surface area (Å²) in [5.41, 5.74) is 0.737. The van der Waals surface area contributed by atoms with Crippen molar-refractivity contribution >= 4 is 17.8 Å². The topological polar surface area (TPSA) is 119 Å². The number of hydrogen-bond acceptors (Lipinski definition) is 4. The third-order valence-corrected chi connectivity index (χ3v) is 2.12. The lowest BCUT2D eigenvalue weighted by Crippen LogP contribution is -2.39. The summed E-state index contributed by atoms with van der Waals surface area (Å²) in [6.45, 7) is -0.808. The van der Waals surface area contributed by atoms with E-state index in [-0.39, 0.29) is 6.54 Å². The van der Waals surface area contributed by atoms with Crippen LogP contribution in [0.15, 0.2) is 24.3 Å². The van der Waals surface area contributed by atoms with Crippen LogP contribution in [-0.2, 0) is 9.59 Å². The molecule has 0 aromatic heterocycles. The summed E-state index contributed by atoms with van der Waals surface area (Å²) < 4.78 is 0. The van der Waals surface area contributed by atoms with Gasteiger partial charge in [-0.15, -0.1) is 0 Å². The van der Waals surface area contributed by atoms with Crippen molar-refractivity contribution in [2.45, 2.75) is 0 Å². The largest absolute Gasteiger partial charge is 0.480 e. The van der Waals surface area contributed by atoms with Gasteiger partial charge in [-0.2, -0.15) is 5.26 Å². The van der Waals surface area contributed by atoms with Gasteiger partial charge in [-0.3, -0.25) is 14.4 Å². The average Bonchev–Trinajstić information content (AvgIpc) is 2.42. The van der Waals surface area contributed by atoms with E-state index in [1.54, 1.807) is 0 Å². The molecule has 0 saturated carbocycles. The molecule has 0 aliphatic rings. The van der Waals surface area contributed by atoms with E-state index in [9.17, 15) is 14.4 Å². The van der Waals surface area contributed by atoms with Crippen LogP contribution in [0.25, 0.3) is 0 Å². The first-order chi connectivity index (χ1) is 9.02. The van der Waals surface area contributed by atoms with Crippen LogP contribution >= 0.6 is 0 Å². The minimum atomic E-state index is -1.16. The number of nitrogens with one attached hydrogen (secondary N) is 2. The maximum absolute atomic E-state index is 11.6. The number of amides is 2. The highest BCUT2D eigenvalue weighted by Crippen LogP contribution is 2.02. The molecule has 2 amide bonds. The van der Waals surface area contributed by atoms with Gasteiger partial charge in [-0.05, 0) is 24.3 Å². The molecule has 0 atom stereocenters. The van der Waals surface area contributed by atoms with Gasteiger partial charge in [0.2, 0.25) is 5.91 Å². The number of carboxylic acid groups (broad SMARTS) is 1. The third-order valence-electron chi connectivity index (χ3n) is 2.12. The van der Waals surface area contributed by atoms with Gasteiger partial charge in [-0.1, -0.05) is 0 Å². The molecule has 0 fully saturated rings. The Morgan fingerprint density at radius 3 is 2.26 bits per heavy atom. The second-order valence-corrected chi connectivity index (χ2v) is 3.54. The molecule has 0 heterocycles. The Bertz CT molecular complexity index is 531. The summed E-state index contributed by atoms with van der Waals surface area (Å²) in [6.07, 6.45) is 0. The van der Waals surface area contributed by atoms with Crippen LogP contribution < -0.4 is 10.6 Å². The normalized spacial score (nSPS) is 9.21. The molecule has 0 saturated heterocycles. The van der Waals surface area contributed by atoms with Gasteiger partial charge < -0.3 is 15.7 Å². The second-order valence-electron chi connectivity index (χ2n) is 3.54. The first-order valence-electron chi connectivity index (χ1n) is 5.30. The molecule has 7 nitrogen and oxygen atoms in total. The van der Waals surface area contributed by atoms with Crippen LogP contribution in [0.3, 0.4) is 0 Å². The van der Waals surface area contributed by atoms with Crippen molar-refractivity contribution in [3.8, 4) is 6.07 Å². The predicted molar refractivity (Wildman–Crippen MR) is 64.1 cm³/mol. The van der Waals surface area contributed by atoms with Gasteiger partial charge in [0.05, 0.1) is 18.2 Å². The Kier molecular flexibility index (Phi) is 5.04. The van der Waals surface area contributed by atoms with Gasteiger partial charge in [-0.25, -0.2) is 0 Å². The van der Waals surface area contributed by atoms with Crippen molar-refractivity contribution in [1.82, 2.24) is 10.6 Å². The van der Waals surface area contributed by atoms with Gasteiger partial charge >= 0.3 is 5.97 Å². The molecule has 98 valence electrons. The highest BCUT2D eigenvalue weighted by Gasteiger charge is 2.08. The van der Waals surface area contributed by atoms with Gasteiger partial charge in [0, 0.05) is 5.56 Å². The predicted octanol–water partition coefficient (Wildman–Crippen LogP) is -0.511. The van der Waals surface area contributed by atoms with Crippen molar-refractivity contribution in [1.29, 1.82) is 5.26 Å². The molecular weight excluding hydrogens is 250 g/mol. The SMILES string of the molecule is N#Cc1ccc(C(=O)NCC(=O)NCC(=O)O)cc1. The van der Waals surface area contributed by atoms with E-state index in [0.29, 0.717) is 11.1 Å². The van der Waals surface area contributed by atoms with Crippen molar-refractivity contribution in [2.75, 3.05) is 13.1 Å². The minimum absolute atomic E-state index is 0.310. The zero-order chi connectivity index (χ0) is 14.3. The van der Waals surface area contributed by atoms with Crippen LogP contribution in [-0.4, -0.2) is 36.0 Å². The van der Waals surface area contributed by atoms with E-state index < -0.39 is 24.3 Å². The standard InChI is InChI=1S/C12H11N3O4/c13-5-8-1-3-9(4-2-8)12(19)15-6-10(16)14-7-11(17)18/h1-4H,6-7H2,(H,14,16)(H,15,19)(H,17,18). The van der Waals surface area contributed by atoms with E-state index >= 15 is 0 Å². The molecule has 0 aliphatic carbocycles. The van der Waals surface area contributed by atoms with E-state index in [1.165, 1.54) is 24.3 Å².